The Bertz CT molecular complexity index is 671. The average molecular weight is 354 g/mol. The molecule has 0 radical (unpaired) electrons. The zero-order chi connectivity index (χ0) is 18.4. The summed E-state index contributed by atoms with van der Waals surface area (Å²) in [4.78, 5) is 24.9. The minimum atomic E-state index is -0.00119. The van der Waals surface area contributed by atoms with Gasteiger partial charge in [0, 0.05) is 18.8 Å². The number of nitrogens with one attached hydrogen (secondary N) is 1. The standard InChI is InChI=1S/C19H26N6O/c20-9-4-12-24(13-5-10-21)18(26)14-25-11-3-8-17(25)19-22-15-6-1-2-7-16(15)23-19/h17H,1-8,11-14H2,(H,22,23)/t17-/m1/s1. The van der Waals surface area contributed by atoms with Gasteiger partial charge < -0.3 is 9.88 Å². The summed E-state index contributed by atoms with van der Waals surface area (Å²) in [6.45, 7) is 1.99. The Morgan fingerprint density at radius 2 is 1.92 bits per heavy atom. The average Bonchev–Trinajstić information content (AvgIpc) is 3.27. The second-order valence-corrected chi connectivity index (χ2v) is 7.08. The fraction of sp³-hybridized carbons (Fsp3) is 0.684. The second-order valence-electron chi connectivity index (χ2n) is 7.08. The highest BCUT2D eigenvalue weighted by Crippen LogP contribution is 2.32. The van der Waals surface area contributed by atoms with Crippen molar-refractivity contribution in [2.45, 2.75) is 57.4 Å². The number of likely N-dealkylation sites (tertiary alicyclic amines) is 1. The van der Waals surface area contributed by atoms with Crippen LogP contribution in [0.15, 0.2) is 0 Å². The van der Waals surface area contributed by atoms with Gasteiger partial charge in [0.2, 0.25) is 5.91 Å². The second kappa shape index (κ2) is 8.82. The van der Waals surface area contributed by atoms with Gasteiger partial charge in [-0.25, -0.2) is 4.98 Å². The molecule has 0 aromatic carbocycles. The molecule has 0 saturated carbocycles. The fourth-order valence-electron chi connectivity index (χ4n) is 3.96. The van der Waals surface area contributed by atoms with Gasteiger partial charge >= 0.3 is 0 Å². The molecule has 1 aliphatic carbocycles. The highest BCUT2D eigenvalue weighted by Gasteiger charge is 2.31. The van der Waals surface area contributed by atoms with Crippen LogP contribution in [0.2, 0.25) is 0 Å². The molecule has 1 aromatic rings. The Hall–Kier alpha value is -2.38. The van der Waals surface area contributed by atoms with Crippen LogP contribution in [0.25, 0.3) is 0 Å². The molecular weight excluding hydrogens is 328 g/mol. The van der Waals surface area contributed by atoms with Gasteiger partial charge in [-0.1, -0.05) is 0 Å². The minimum Gasteiger partial charge on any atom is -0.344 e. The van der Waals surface area contributed by atoms with E-state index in [4.69, 9.17) is 15.5 Å². The number of imidazole rings is 1. The summed E-state index contributed by atoms with van der Waals surface area (Å²) in [5.41, 5.74) is 2.48. The monoisotopic (exact) mass is 354 g/mol. The summed E-state index contributed by atoms with van der Waals surface area (Å²) in [5, 5.41) is 17.6. The van der Waals surface area contributed by atoms with E-state index < -0.39 is 0 Å². The lowest BCUT2D eigenvalue weighted by Gasteiger charge is -2.27. The predicted molar refractivity (Wildman–Crippen MR) is 95.8 cm³/mol. The first-order chi connectivity index (χ1) is 12.7. The third-order valence-corrected chi connectivity index (χ3v) is 5.33. The Labute approximate surface area is 154 Å². The van der Waals surface area contributed by atoms with E-state index in [9.17, 15) is 4.79 Å². The van der Waals surface area contributed by atoms with Crippen molar-refractivity contribution in [2.24, 2.45) is 0 Å². The van der Waals surface area contributed by atoms with Gasteiger partial charge in [0.25, 0.3) is 0 Å². The van der Waals surface area contributed by atoms with E-state index >= 15 is 0 Å². The molecular formula is C19H26N6O. The molecule has 2 aliphatic rings. The van der Waals surface area contributed by atoms with E-state index in [0.717, 1.165) is 38.1 Å². The quantitative estimate of drug-likeness (QED) is 0.808. The lowest BCUT2D eigenvalue weighted by molar-refractivity contribution is -0.132. The highest BCUT2D eigenvalue weighted by molar-refractivity contribution is 5.78. The molecule has 1 fully saturated rings. The van der Waals surface area contributed by atoms with E-state index in [1.54, 1.807) is 4.90 Å². The van der Waals surface area contributed by atoms with E-state index in [1.807, 2.05) is 0 Å². The summed E-state index contributed by atoms with van der Waals surface area (Å²) >= 11 is 0. The number of hydrogen-bond acceptors (Lipinski definition) is 5. The third-order valence-electron chi connectivity index (χ3n) is 5.33. The van der Waals surface area contributed by atoms with Gasteiger partial charge in [-0.3, -0.25) is 9.69 Å². The molecule has 3 rings (SSSR count). The minimum absolute atomic E-state index is 0.00119. The molecule has 7 heteroatoms. The van der Waals surface area contributed by atoms with Gasteiger partial charge in [-0.2, -0.15) is 10.5 Å². The number of nitriles is 2. The number of fused-ring (bicyclic) bond motifs is 1. The molecule has 1 N–H and O–H groups in total. The van der Waals surface area contributed by atoms with E-state index in [2.05, 4.69) is 22.0 Å². The molecule has 1 aromatic heterocycles. The van der Waals surface area contributed by atoms with E-state index in [0.29, 0.717) is 32.5 Å². The van der Waals surface area contributed by atoms with Crippen LogP contribution in [-0.4, -0.2) is 51.9 Å². The van der Waals surface area contributed by atoms with Gasteiger partial charge in [0.1, 0.15) is 5.82 Å². The molecule has 7 nitrogen and oxygen atoms in total. The van der Waals surface area contributed by atoms with Crippen molar-refractivity contribution in [3.63, 3.8) is 0 Å². The number of amides is 1. The largest absolute Gasteiger partial charge is 0.344 e. The van der Waals surface area contributed by atoms with Gasteiger partial charge in [0.15, 0.2) is 0 Å². The molecule has 138 valence electrons. The number of aryl methyl sites for hydroxylation is 2. The van der Waals surface area contributed by atoms with Gasteiger partial charge in [0.05, 0.1) is 43.3 Å². The number of H-pyrrole nitrogens is 1. The lowest BCUT2D eigenvalue weighted by atomic mass is 10.0. The zero-order valence-corrected chi connectivity index (χ0v) is 15.2. The van der Waals surface area contributed by atoms with Gasteiger partial charge in [-0.05, 0) is 45.1 Å². The summed E-state index contributed by atoms with van der Waals surface area (Å²) in [6.07, 6.45) is 7.20. The molecule has 1 saturated heterocycles. The summed E-state index contributed by atoms with van der Waals surface area (Å²) < 4.78 is 0. The van der Waals surface area contributed by atoms with Crippen LogP contribution < -0.4 is 0 Å². The molecule has 1 atom stereocenters. The van der Waals surface area contributed by atoms with Gasteiger partial charge in [-0.15, -0.1) is 0 Å². The van der Waals surface area contributed by atoms with Crippen molar-refractivity contribution in [1.29, 1.82) is 10.5 Å². The fourth-order valence-corrected chi connectivity index (χ4v) is 3.96. The summed E-state index contributed by atoms with van der Waals surface area (Å²) in [6, 6.07) is 4.33. The number of carbonyl (C=O) groups is 1. The first kappa shape index (κ1) is 18.4. The molecule has 1 aliphatic heterocycles. The molecule has 26 heavy (non-hydrogen) atoms. The SMILES string of the molecule is N#CCCN(CCC#N)C(=O)CN1CCC[C@@H]1c1nc2c([nH]1)CCCC2. The number of aromatic nitrogens is 2. The number of aromatic amines is 1. The number of nitrogens with zero attached hydrogens (tertiary/aromatic N) is 5. The molecule has 0 unspecified atom stereocenters. The van der Waals surface area contributed by atoms with Crippen molar-refractivity contribution >= 4 is 5.91 Å². The predicted octanol–water partition coefficient (Wildman–Crippen LogP) is 2.08. The van der Waals surface area contributed by atoms with Crippen LogP contribution in [0.5, 0.6) is 0 Å². The van der Waals surface area contributed by atoms with Crippen molar-refractivity contribution in [3.8, 4) is 12.1 Å². The Balaban J connectivity index is 1.65. The smallest absolute Gasteiger partial charge is 0.236 e. The highest BCUT2D eigenvalue weighted by atomic mass is 16.2. The lowest BCUT2D eigenvalue weighted by Crippen LogP contribution is -2.41. The molecule has 1 amide bonds. The first-order valence-electron chi connectivity index (χ1n) is 9.56. The van der Waals surface area contributed by atoms with Crippen molar-refractivity contribution in [1.82, 2.24) is 19.8 Å². The molecule has 0 bridgehead atoms. The van der Waals surface area contributed by atoms with Crippen molar-refractivity contribution in [3.05, 3.63) is 17.2 Å². The van der Waals surface area contributed by atoms with Crippen LogP contribution in [0.1, 0.15) is 61.8 Å². The Morgan fingerprint density at radius 1 is 1.19 bits per heavy atom. The maximum atomic E-state index is 12.7. The number of rotatable bonds is 7. The van der Waals surface area contributed by atoms with Crippen LogP contribution in [0.3, 0.4) is 0 Å². The molecule has 0 spiro atoms. The van der Waals surface area contributed by atoms with E-state index in [1.165, 1.54) is 24.2 Å². The Kier molecular flexibility index (Phi) is 6.25. The maximum absolute atomic E-state index is 12.7. The summed E-state index contributed by atoms with van der Waals surface area (Å²) in [5.74, 6) is 1.00. The molecule has 2 heterocycles. The third kappa shape index (κ3) is 4.23. The van der Waals surface area contributed by atoms with Crippen molar-refractivity contribution < 1.29 is 4.79 Å². The van der Waals surface area contributed by atoms with E-state index in [-0.39, 0.29) is 11.9 Å². The maximum Gasteiger partial charge on any atom is 0.236 e. The first-order valence-corrected chi connectivity index (χ1v) is 9.56. The number of hydrogen-bond donors (Lipinski definition) is 1. The van der Waals surface area contributed by atoms with Crippen LogP contribution in [0, 0.1) is 22.7 Å². The van der Waals surface area contributed by atoms with Crippen LogP contribution in [-0.2, 0) is 17.6 Å². The zero-order valence-electron chi connectivity index (χ0n) is 15.2. The van der Waals surface area contributed by atoms with Crippen molar-refractivity contribution in [2.75, 3.05) is 26.2 Å². The number of carbonyl (C=O) groups excluding carboxylic acids is 1. The van der Waals surface area contributed by atoms with Crippen LogP contribution in [0.4, 0.5) is 0 Å². The normalized spacial score (nSPS) is 19.5. The topological polar surface area (TPSA) is 99.8 Å². The summed E-state index contributed by atoms with van der Waals surface area (Å²) in [7, 11) is 0. The Morgan fingerprint density at radius 3 is 2.62 bits per heavy atom. The van der Waals surface area contributed by atoms with Crippen LogP contribution >= 0.6 is 0 Å².